The summed E-state index contributed by atoms with van der Waals surface area (Å²) in [6.45, 7) is 3.09. The summed E-state index contributed by atoms with van der Waals surface area (Å²) in [7, 11) is 1.57. The Kier molecular flexibility index (Phi) is 3.47. The average molecular weight is 253 g/mol. The summed E-state index contributed by atoms with van der Waals surface area (Å²) >= 11 is 0. The number of anilines is 1. The number of fused-ring (bicyclic) bond motifs is 1. The van der Waals surface area contributed by atoms with Crippen molar-refractivity contribution in [2.75, 3.05) is 26.1 Å². The third kappa shape index (κ3) is 2.14. The van der Waals surface area contributed by atoms with E-state index >= 15 is 0 Å². The van der Waals surface area contributed by atoms with E-state index in [9.17, 15) is 4.79 Å². The molecule has 18 heavy (non-hydrogen) atoms. The van der Waals surface area contributed by atoms with E-state index in [1.807, 2.05) is 6.92 Å². The molecule has 0 radical (unpaired) electrons. The molecule has 2 rings (SSSR count). The fourth-order valence-corrected chi connectivity index (χ4v) is 1.61. The van der Waals surface area contributed by atoms with Gasteiger partial charge in [0.2, 0.25) is 0 Å². The van der Waals surface area contributed by atoms with Crippen LogP contribution < -0.4 is 16.2 Å². The lowest BCUT2D eigenvalue weighted by molar-refractivity contribution is 0.141. The maximum absolute atomic E-state index is 11.6. The Labute approximate surface area is 103 Å². The first-order valence-electron chi connectivity index (χ1n) is 5.55. The minimum Gasteiger partial charge on any atom is -0.461 e. The predicted octanol–water partition coefficient (Wildman–Crippen LogP) is -0.253. The van der Waals surface area contributed by atoms with E-state index in [-0.39, 0.29) is 17.5 Å². The maximum atomic E-state index is 11.6. The number of nitrogens with one attached hydrogen (secondary N) is 1. The number of rotatable bonds is 5. The third-order valence-electron chi connectivity index (χ3n) is 2.46. The van der Waals surface area contributed by atoms with Crippen molar-refractivity contribution in [1.29, 1.82) is 0 Å². The number of hydrogen-bond acceptors (Lipinski definition) is 6. The molecule has 0 fully saturated rings. The van der Waals surface area contributed by atoms with E-state index in [0.29, 0.717) is 30.9 Å². The number of nitrogen functional groups attached to an aromatic ring is 1. The molecule has 0 aliphatic carbocycles. The van der Waals surface area contributed by atoms with Crippen LogP contribution in [0.25, 0.3) is 11.2 Å². The molecule has 8 heteroatoms. The molecule has 0 saturated carbocycles. The zero-order valence-corrected chi connectivity index (χ0v) is 10.3. The van der Waals surface area contributed by atoms with Gasteiger partial charge in [-0.15, -0.1) is 0 Å². The molecular weight excluding hydrogens is 238 g/mol. The third-order valence-corrected chi connectivity index (χ3v) is 2.46. The fraction of sp³-hybridized carbons (Fsp3) is 0.500. The largest absolute Gasteiger partial charge is 0.461 e. The Morgan fingerprint density at radius 1 is 1.39 bits per heavy atom. The van der Waals surface area contributed by atoms with E-state index in [1.54, 1.807) is 7.11 Å². The van der Waals surface area contributed by atoms with Gasteiger partial charge in [0, 0.05) is 13.7 Å². The highest BCUT2D eigenvalue weighted by Gasteiger charge is 2.13. The molecule has 2 aromatic heterocycles. The lowest BCUT2D eigenvalue weighted by Gasteiger charge is -2.05. The van der Waals surface area contributed by atoms with Gasteiger partial charge in [-0.05, 0) is 6.92 Å². The van der Waals surface area contributed by atoms with Gasteiger partial charge in [-0.2, -0.15) is 9.97 Å². The summed E-state index contributed by atoms with van der Waals surface area (Å²) < 4.78 is 11.6. The van der Waals surface area contributed by atoms with Gasteiger partial charge in [-0.3, -0.25) is 4.57 Å². The minimum absolute atomic E-state index is 0.137. The van der Waals surface area contributed by atoms with E-state index in [2.05, 4.69) is 15.0 Å². The lowest BCUT2D eigenvalue weighted by Crippen LogP contribution is -2.15. The highest BCUT2D eigenvalue weighted by atomic mass is 16.5. The second-order valence-corrected chi connectivity index (χ2v) is 3.61. The highest BCUT2D eigenvalue weighted by Crippen LogP contribution is 2.17. The summed E-state index contributed by atoms with van der Waals surface area (Å²) in [6.07, 6.45) is 0. The topological polar surface area (TPSA) is 108 Å². The number of H-pyrrole nitrogens is 1. The first-order valence-corrected chi connectivity index (χ1v) is 5.55. The van der Waals surface area contributed by atoms with Crippen LogP contribution in [-0.4, -0.2) is 39.8 Å². The molecule has 0 unspecified atom stereocenters. The van der Waals surface area contributed by atoms with Gasteiger partial charge < -0.3 is 20.2 Å². The number of methoxy groups -OCH3 is 1. The number of aromatic nitrogens is 4. The number of nitrogens with two attached hydrogens (primary N) is 1. The fourth-order valence-electron chi connectivity index (χ4n) is 1.61. The second-order valence-electron chi connectivity index (χ2n) is 3.61. The molecule has 0 aliphatic rings. The molecule has 0 atom stereocenters. The molecule has 0 amide bonds. The van der Waals surface area contributed by atoms with Crippen molar-refractivity contribution in [3.63, 3.8) is 0 Å². The molecule has 2 heterocycles. The van der Waals surface area contributed by atoms with E-state index in [4.69, 9.17) is 15.2 Å². The molecule has 3 N–H and O–H groups in total. The molecule has 98 valence electrons. The van der Waals surface area contributed by atoms with E-state index < -0.39 is 0 Å². The van der Waals surface area contributed by atoms with Crippen molar-refractivity contribution in [1.82, 2.24) is 19.5 Å². The van der Waals surface area contributed by atoms with Gasteiger partial charge in [0.25, 0.3) is 0 Å². The van der Waals surface area contributed by atoms with Gasteiger partial charge in [0.1, 0.15) is 12.1 Å². The Bertz CT molecular complexity index is 603. The van der Waals surface area contributed by atoms with E-state index in [0.717, 1.165) is 0 Å². The van der Waals surface area contributed by atoms with Crippen LogP contribution in [0, 0.1) is 0 Å². The van der Waals surface area contributed by atoms with Crippen molar-refractivity contribution in [3.05, 3.63) is 10.5 Å². The standard InChI is InChI=1S/C10H15N5O3/c1-3-15-8-6(12-10(15)16)7(11)13-9(14-8)18-5-4-17-2/h3-5H2,1-2H3,(H,12,16)(H2,11,13,14). The lowest BCUT2D eigenvalue weighted by atomic mass is 10.5. The van der Waals surface area contributed by atoms with Gasteiger partial charge >= 0.3 is 11.7 Å². The summed E-state index contributed by atoms with van der Waals surface area (Å²) in [4.78, 5) is 22.4. The number of ether oxygens (including phenoxy) is 2. The summed E-state index contributed by atoms with van der Waals surface area (Å²) in [5.41, 5.74) is 6.37. The molecule has 0 saturated heterocycles. The van der Waals surface area contributed by atoms with Gasteiger partial charge in [0.05, 0.1) is 6.61 Å². The summed E-state index contributed by atoms with van der Waals surface area (Å²) in [5, 5.41) is 0. The van der Waals surface area contributed by atoms with Crippen LogP contribution in [0.3, 0.4) is 0 Å². The number of hydrogen-bond donors (Lipinski definition) is 2. The molecule has 0 aromatic carbocycles. The van der Waals surface area contributed by atoms with Gasteiger partial charge in [-0.25, -0.2) is 4.79 Å². The number of imidazole rings is 1. The van der Waals surface area contributed by atoms with Crippen LogP contribution in [0.15, 0.2) is 4.79 Å². The average Bonchev–Trinajstić information content (AvgIpc) is 2.66. The SMILES string of the molecule is CCn1c(=O)[nH]c2c(N)nc(OCCOC)nc21. The number of nitrogens with zero attached hydrogens (tertiary/aromatic N) is 3. The zero-order valence-electron chi connectivity index (χ0n) is 10.3. The van der Waals surface area contributed by atoms with Crippen LogP contribution in [0.1, 0.15) is 6.92 Å². The van der Waals surface area contributed by atoms with Crippen LogP contribution in [0.2, 0.25) is 0 Å². The van der Waals surface area contributed by atoms with Crippen molar-refractivity contribution in [2.45, 2.75) is 13.5 Å². The smallest absolute Gasteiger partial charge is 0.327 e. The first kappa shape index (κ1) is 12.4. The van der Waals surface area contributed by atoms with Crippen molar-refractivity contribution >= 4 is 17.0 Å². The van der Waals surface area contributed by atoms with E-state index in [1.165, 1.54) is 4.57 Å². The summed E-state index contributed by atoms with van der Waals surface area (Å²) in [5.74, 6) is 0.191. The van der Waals surface area contributed by atoms with Crippen LogP contribution in [0.5, 0.6) is 6.01 Å². The zero-order chi connectivity index (χ0) is 13.1. The molecule has 8 nitrogen and oxygen atoms in total. The molecule has 0 spiro atoms. The highest BCUT2D eigenvalue weighted by molar-refractivity contribution is 5.81. The Morgan fingerprint density at radius 3 is 2.83 bits per heavy atom. The van der Waals surface area contributed by atoms with Crippen LogP contribution >= 0.6 is 0 Å². The van der Waals surface area contributed by atoms with Crippen LogP contribution in [0.4, 0.5) is 5.82 Å². The predicted molar refractivity (Wildman–Crippen MR) is 65.6 cm³/mol. The number of aromatic amines is 1. The Balaban J connectivity index is 2.43. The van der Waals surface area contributed by atoms with Gasteiger partial charge in [0.15, 0.2) is 11.5 Å². The van der Waals surface area contributed by atoms with Crippen LogP contribution in [-0.2, 0) is 11.3 Å². The van der Waals surface area contributed by atoms with Crippen molar-refractivity contribution in [2.24, 2.45) is 0 Å². The second kappa shape index (κ2) is 5.05. The number of aryl methyl sites for hydroxylation is 1. The van der Waals surface area contributed by atoms with Crippen molar-refractivity contribution in [3.8, 4) is 6.01 Å². The molecule has 2 aromatic rings. The quantitative estimate of drug-likeness (QED) is 0.711. The monoisotopic (exact) mass is 253 g/mol. The Hall–Kier alpha value is -2.09. The molecular formula is C10H15N5O3. The molecule has 0 bridgehead atoms. The first-order chi connectivity index (χ1) is 8.67. The normalized spacial score (nSPS) is 11.0. The minimum atomic E-state index is -0.262. The Morgan fingerprint density at radius 2 is 2.17 bits per heavy atom. The van der Waals surface area contributed by atoms with Gasteiger partial charge in [-0.1, -0.05) is 0 Å². The maximum Gasteiger partial charge on any atom is 0.327 e. The van der Waals surface area contributed by atoms with Crippen molar-refractivity contribution < 1.29 is 9.47 Å². The summed E-state index contributed by atoms with van der Waals surface area (Å²) in [6, 6.07) is 0.137. The molecule has 0 aliphatic heterocycles.